The van der Waals surface area contributed by atoms with Crippen LogP contribution in [-0.2, 0) is 6.54 Å². The highest BCUT2D eigenvalue weighted by atomic mass is 19.3. The van der Waals surface area contributed by atoms with Crippen molar-refractivity contribution in [1.29, 1.82) is 5.26 Å². The number of pyridine rings is 1. The molecule has 2 aromatic carbocycles. The standard InChI is InChI=1S/C21H13F3N4O/c22-17-5-4-15(8-20(17)29-21(23)24)16-7-19-18(26-10-16)11-27-28(19)12-14-3-1-2-13(6-14)9-25/h1-8,10-11,21H,12H2. The molecule has 4 rings (SSSR count). The van der Waals surface area contributed by atoms with Gasteiger partial charge in [-0.2, -0.15) is 19.1 Å². The Kier molecular flexibility index (Phi) is 4.87. The van der Waals surface area contributed by atoms with Crippen molar-refractivity contribution in [2.45, 2.75) is 13.2 Å². The minimum Gasteiger partial charge on any atom is -0.432 e. The van der Waals surface area contributed by atoms with Crippen molar-refractivity contribution >= 4 is 11.0 Å². The number of nitriles is 1. The van der Waals surface area contributed by atoms with Crippen LogP contribution in [-0.4, -0.2) is 21.4 Å². The van der Waals surface area contributed by atoms with Gasteiger partial charge in [-0.05, 0) is 41.5 Å². The highest BCUT2D eigenvalue weighted by Crippen LogP contribution is 2.29. The van der Waals surface area contributed by atoms with Crippen molar-refractivity contribution in [1.82, 2.24) is 14.8 Å². The molecule has 0 spiro atoms. The number of hydrogen-bond acceptors (Lipinski definition) is 4. The van der Waals surface area contributed by atoms with E-state index in [1.165, 1.54) is 12.1 Å². The van der Waals surface area contributed by atoms with E-state index < -0.39 is 18.2 Å². The molecule has 0 saturated carbocycles. The van der Waals surface area contributed by atoms with Gasteiger partial charge >= 0.3 is 6.61 Å². The molecule has 0 N–H and O–H groups in total. The maximum Gasteiger partial charge on any atom is 0.387 e. The Morgan fingerprint density at radius 2 is 1.93 bits per heavy atom. The Labute approximate surface area is 163 Å². The predicted molar refractivity (Wildman–Crippen MR) is 99.8 cm³/mol. The van der Waals surface area contributed by atoms with E-state index in [-0.39, 0.29) is 0 Å². The van der Waals surface area contributed by atoms with Gasteiger partial charge in [-0.1, -0.05) is 18.2 Å². The monoisotopic (exact) mass is 394 g/mol. The molecule has 144 valence electrons. The third-order valence-corrected chi connectivity index (χ3v) is 4.36. The average molecular weight is 394 g/mol. The molecule has 0 radical (unpaired) electrons. The summed E-state index contributed by atoms with van der Waals surface area (Å²) in [5, 5.41) is 13.4. The molecule has 29 heavy (non-hydrogen) atoms. The minimum absolute atomic E-state index is 0.424. The lowest BCUT2D eigenvalue weighted by Crippen LogP contribution is -2.04. The zero-order chi connectivity index (χ0) is 20.4. The second-order valence-electron chi connectivity index (χ2n) is 6.27. The van der Waals surface area contributed by atoms with Gasteiger partial charge in [0.05, 0.1) is 29.9 Å². The van der Waals surface area contributed by atoms with E-state index in [0.717, 1.165) is 11.6 Å². The van der Waals surface area contributed by atoms with Crippen LogP contribution < -0.4 is 4.74 Å². The van der Waals surface area contributed by atoms with Crippen molar-refractivity contribution in [3.63, 3.8) is 0 Å². The molecule has 0 amide bonds. The summed E-state index contributed by atoms with van der Waals surface area (Å²) in [6.07, 6.45) is 3.17. The van der Waals surface area contributed by atoms with Crippen molar-refractivity contribution in [3.8, 4) is 22.9 Å². The Bertz CT molecular complexity index is 1230. The SMILES string of the molecule is N#Cc1cccc(Cn2ncc3ncc(-c4ccc(F)c(OC(F)F)c4)cc32)c1. The Morgan fingerprint density at radius 1 is 1.07 bits per heavy atom. The summed E-state index contributed by atoms with van der Waals surface area (Å²) < 4.78 is 44.6. The zero-order valence-electron chi connectivity index (χ0n) is 14.9. The maximum absolute atomic E-state index is 13.7. The molecule has 4 aromatic rings. The van der Waals surface area contributed by atoms with E-state index >= 15 is 0 Å². The van der Waals surface area contributed by atoms with E-state index in [0.29, 0.717) is 34.3 Å². The summed E-state index contributed by atoms with van der Waals surface area (Å²) >= 11 is 0. The number of fused-ring (bicyclic) bond motifs is 1. The minimum atomic E-state index is -3.12. The van der Waals surface area contributed by atoms with Crippen LogP contribution in [0.3, 0.4) is 0 Å². The van der Waals surface area contributed by atoms with Crippen molar-refractivity contribution in [3.05, 3.63) is 77.9 Å². The van der Waals surface area contributed by atoms with Gasteiger partial charge in [0, 0.05) is 11.8 Å². The fourth-order valence-electron chi connectivity index (χ4n) is 3.02. The van der Waals surface area contributed by atoms with E-state index in [4.69, 9.17) is 5.26 Å². The number of benzene rings is 2. The van der Waals surface area contributed by atoms with Gasteiger partial charge in [0.2, 0.25) is 0 Å². The fourth-order valence-corrected chi connectivity index (χ4v) is 3.02. The lowest BCUT2D eigenvalue weighted by molar-refractivity contribution is -0.0521. The molecule has 2 heterocycles. The van der Waals surface area contributed by atoms with Crippen molar-refractivity contribution < 1.29 is 17.9 Å². The topological polar surface area (TPSA) is 63.7 Å². The molecule has 0 fully saturated rings. The molecule has 5 nitrogen and oxygen atoms in total. The lowest BCUT2D eigenvalue weighted by atomic mass is 10.1. The van der Waals surface area contributed by atoms with Crippen LogP contribution in [0.4, 0.5) is 13.2 Å². The van der Waals surface area contributed by atoms with Gasteiger partial charge in [0.1, 0.15) is 5.52 Å². The van der Waals surface area contributed by atoms with Crippen molar-refractivity contribution in [2.75, 3.05) is 0 Å². The van der Waals surface area contributed by atoms with Gasteiger partial charge in [-0.25, -0.2) is 4.39 Å². The first-order valence-electron chi connectivity index (χ1n) is 8.59. The summed E-state index contributed by atoms with van der Waals surface area (Å²) in [5.74, 6) is -1.40. The summed E-state index contributed by atoms with van der Waals surface area (Å²) in [6, 6.07) is 14.8. The molecular formula is C21H13F3N4O. The third kappa shape index (κ3) is 3.89. The van der Waals surface area contributed by atoms with Crippen LogP contribution in [0.1, 0.15) is 11.1 Å². The lowest BCUT2D eigenvalue weighted by Gasteiger charge is -2.09. The van der Waals surface area contributed by atoms with Crippen molar-refractivity contribution in [2.24, 2.45) is 0 Å². The van der Waals surface area contributed by atoms with E-state index in [2.05, 4.69) is 20.9 Å². The normalized spacial score (nSPS) is 11.0. The highest BCUT2D eigenvalue weighted by Gasteiger charge is 2.13. The molecule has 0 aliphatic carbocycles. The fraction of sp³-hybridized carbons (Fsp3) is 0.0952. The highest BCUT2D eigenvalue weighted by molar-refractivity contribution is 5.80. The van der Waals surface area contributed by atoms with Crippen LogP contribution in [0.15, 0.2) is 60.9 Å². The first-order chi connectivity index (χ1) is 14.0. The van der Waals surface area contributed by atoms with Gasteiger partial charge in [-0.15, -0.1) is 0 Å². The molecule has 0 unspecified atom stereocenters. The summed E-state index contributed by atoms with van der Waals surface area (Å²) in [5.41, 5.74) is 3.89. The molecule has 8 heteroatoms. The molecule has 0 aliphatic rings. The van der Waals surface area contributed by atoms with Crippen LogP contribution in [0.25, 0.3) is 22.2 Å². The van der Waals surface area contributed by atoms with Crippen LogP contribution in [0.2, 0.25) is 0 Å². The molecule has 0 saturated heterocycles. The molecule has 0 atom stereocenters. The summed E-state index contributed by atoms with van der Waals surface area (Å²) in [6.45, 7) is -2.70. The molecule has 2 aromatic heterocycles. The van der Waals surface area contributed by atoms with Crippen LogP contribution in [0, 0.1) is 17.1 Å². The van der Waals surface area contributed by atoms with Gasteiger partial charge in [0.25, 0.3) is 0 Å². The van der Waals surface area contributed by atoms with Gasteiger partial charge in [-0.3, -0.25) is 9.67 Å². The first kappa shape index (κ1) is 18.5. The van der Waals surface area contributed by atoms with Gasteiger partial charge < -0.3 is 4.74 Å². The number of rotatable bonds is 5. The largest absolute Gasteiger partial charge is 0.432 e. The van der Waals surface area contributed by atoms with E-state index in [1.54, 1.807) is 41.3 Å². The quantitative estimate of drug-likeness (QED) is 0.490. The Morgan fingerprint density at radius 3 is 2.72 bits per heavy atom. The maximum atomic E-state index is 13.7. The number of hydrogen-bond donors (Lipinski definition) is 0. The predicted octanol–water partition coefficient (Wildman–Crippen LogP) is 4.76. The first-order valence-corrected chi connectivity index (χ1v) is 8.59. The van der Waals surface area contributed by atoms with E-state index in [1.807, 2.05) is 6.07 Å². The summed E-state index contributed by atoms with van der Waals surface area (Å²) in [4.78, 5) is 4.35. The summed E-state index contributed by atoms with van der Waals surface area (Å²) in [7, 11) is 0. The van der Waals surface area contributed by atoms with E-state index in [9.17, 15) is 13.2 Å². The Balaban J connectivity index is 1.71. The number of alkyl halides is 2. The van der Waals surface area contributed by atoms with Crippen LogP contribution in [0.5, 0.6) is 5.75 Å². The third-order valence-electron chi connectivity index (χ3n) is 4.36. The van der Waals surface area contributed by atoms with Crippen LogP contribution >= 0.6 is 0 Å². The second kappa shape index (κ2) is 7.64. The number of halogens is 3. The molecular weight excluding hydrogens is 381 g/mol. The second-order valence-corrected chi connectivity index (χ2v) is 6.27. The zero-order valence-corrected chi connectivity index (χ0v) is 14.9. The number of nitrogens with zero attached hydrogens (tertiary/aromatic N) is 4. The Hall–Kier alpha value is -3.86. The molecule has 0 aliphatic heterocycles. The molecule has 0 bridgehead atoms. The number of ether oxygens (including phenoxy) is 1. The number of aromatic nitrogens is 3. The smallest absolute Gasteiger partial charge is 0.387 e. The average Bonchev–Trinajstić information content (AvgIpc) is 3.11. The van der Waals surface area contributed by atoms with Gasteiger partial charge in [0.15, 0.2) is 11.6 Å².